The van der Waals surface area contributed by atoms with Crippen molar-refractivity contribution in [3.05, 3.63) is 36.5 Å². The van der Waals surface area contributed by atoms with Gasteiger partial charge in [-0.05, 0) is 18.4 Å². The first-order valence-corrected chi connectivity index (χ1v) is 5.67. The van der Waals surface area contributed by atoms with Gasteiger partial charge in [-0.2, -0.15) is 5.26 Å². The molecule has 0 aliphatic heterocycles. The molecule has 86 valence electrons. The Kier molecular flexibility index (Phi) is 3.24. The number of anilines is 1. The molecular formula is C14H15N3. The summed E-state index contributed by atoms with van der Waals surface area (Å²) in [7, 11) is 1.98. The van der Waals surface area contributed by atoms with Crippen molar-refractivity contribution in [3.8, 4) is 6.07 Å². The average Bonchev–Trinajstić information content (AvgIpc) is 2.37. The number of benzene rings is 1. The fourth-order valence-corrected chi connectivity index (χ4v) is 1.86. The molecule has 1 aromatic heterocycles. The normalized spacial score (nSPS) is 12.1. The summed E-state index contributed by atoms with van der Waals surface area (Å²) in [4.78, 5) is 6.49. The molecule has 0 bridgehead atoms. The van der Waals surface area contributed by atoms with Crippen molar-refractivity contribution >= 4 is 16.6 Å². The molecule has 3 nitrogen and oxygen atoms in total. The van der Waals surface area contributed by atoms with E-state index >= 15 is 0 Å². The molecule has 0 N–H and O–H groups in total. The van der Waals surface area contributed by atoms with E-state index < -0.39 is 0 Å². The number of nitrogens with zero attached hydrogens (tertiary/aromatic N) is 3. The van der Waals surface area contributed by atoms with Crippen molar-refractivity contribution in [2.24, 2.45) is 0 Å². The van der Waals surface area contributed by atoms with Crippen LogP contribution in [-0.4, -0.2) is 18.1 Å². The second kappa shape index (κ2) is 4.84. The van der Waals surface area contributed by atoms with Crippen molar-refractivity contribution in [1.29, 1.82) is 5.26 Å². The summed E-state index contributed by atoms with van der Waals surface area (Å²) in [6.07, 6.45) is 2.31. The Balaban J connectivity index is 2.45. The first-order chi connectivity index (χ1) is 8.24. The first kappa shape index (κ1) is 11.4. The summed E-state index contributed by atoms with van der Waals surface area (Å²) in [6.45, 7) is 2.03. The van der Waals surface area contributed by atoms with Gasteiger partial charge in [-0.15, -0.1) is 0 Å². The zero-order chi connectivity index (χ0) is 12.3. The largest absolute Gasteiger partial charge is 0.355 e. The van der Waals surface area contributed by atoms with Crippen LogP contribution in [0.3, 0.4) is 0 Å². The third-order valence-corrected chi connectivity index (χ3v) is 3.03. The van der Waals surface area contributed by atoms with Crippen molar-refractivity contribution < 1.29 is 0 Å². The maximum atomic E-state index is 8.75. The van der Waals surface area contributed by atoms with Crippen LogP contribution in [0.15, 0.2) is 36.5 Å². The lowest BCUT2D eigenvalue weighted by atomic mass is 10.1. The molecular weight excluding hydrogens is 210 g/mol. The summed E-state index contributed by atoms with van der Waals surface area (Å²) >= 11 is 0. The molecule has 3 heteroatoms. The lowest BCUT2D eigenvalue weighted by molar-refractivity contribution is 0.696. The van der Waals surface area contributed by atoms with Crippen LogP contribution in [0.25, 0.3) is 10.8 Å². The Morgan fingerprint density at radius 1 is 1.35 bits per heavy atom. The van der Waals surface area contributed by atoms with E-state index in [-0.39, 0.29) is 6.04 Å². The SMILES string of the molecule is CC(CC#N)N(C)c1nccc2ccccc12. The average molecular weight is 225 g/mol. The fourth-order valence-electron chi connectivity index (χ4n) is 1.86. The number of aromatic nitrogens is 1. The van der Waals surface area contributed by atoms with Crippen LogP contribution in [0.2, 0.25) is 0 Å². The minimum absolute atomic E-state index is 0.165. The summed E-state index contributed by atoms with van der Waals surface area (Å²) in [5.41, 5.74) is 0. The van der Waals surface area contributed by atoms with Gasteiger partial charge < -0.3 is 4.90 Å². The van der Waals surface area contributed by atoms with Gasteiger partial charge in [0.05, 0.1) is 12.5 Å². The van der Waals surface area contributed by atoms with Gasteiger partial charge in [0.2, 0.25) is 0 Å². The van der Waals surface area contributed by atoms with Crippen LogP contribution in [-0.2, 0) is 0 Å². The lowest BCUT2D eigenvalue weighted by Gasteiger charge is -2.25. The molecule has 17 heavy (non-hydrogen) atoms. The summed E-state index contributed by atoms with van der Waals surface area (Å²) in [5.74, 6) is 0.936. The third-order valence-electron chi connectivity index (χ3n) is 3.03. The number of hydrogen-bond donors (Lipinski definition) is 0. The Morgan fingerprint density at radius 3 is 2.88 bits per heavy atom. The highest BCUT2D eigenvalue weighted by Gasteiger charge is 2.13. The van der Waals surface area contributed by atoms with Crippen LogP contribution >= 0.6 is 0 Å². The Bertz CT molecular complexity index is 551. The molecule has 2 aromatic rings. The fraction of sp³-hybridized carbons (Fsp3) is 0.286. The van der Waals surface area contributed by atoms with Crippen LogP contribution in [0.5, 0.6) is 0 Å². The number of rotatable bonds is 3. The van der Waals surface area contributed by atoms with Gasteiger partial charge in [-0.1, -0.05) is 24.3 Å². The highest BCUT2D eigenvalue weighted by Crippen LogP contribution is 2.24. The van der Waals surface area contributed by atoms with Crippen LogP contribution < -0.4 is 4.90 Å². The minimum atomic E-state index is 0.165. The van der Waals surface area contributed by atoms with Gasteiger partial charge >= 0.3 is 0 Å². The van der Waals surface area contributed by atoms with Crippen LogP contribution in [0.4, 0.5) is 5.82 Å². The van der Waals surface area contributed by atoms with Gasteiger partial charge in [0, 0.05) is 24.7 Å². The standard InChI is InChI=1S/C14H15N3/c1-11(7-9-15)17(2)14-13-6-4-3-5-12(13)8-10-16-14/h3-6,8,10-11H,7H2,1-2H3. The summed E-state index contributed by atoms with van der Waals surface area (Å²) in [5, 5.41) is 11.1. The highest BCUT2D eigenvalue weighted by atomic mass is 15.2. The molecule has 0 aliphatic rings. The monoisotopic (exact) mass is 225 g/mol. The quantitative estimate of drug-likeness (QED) is 0.806. The molecule has 0 saturated carbocycles. The zero-order valence-electron chi connectivity index (χ0n) is 10.1. The molecule has 0 aliphatic carbocycles. The number of pyridine rings is 1. The van der Waals surface area contributed by atoms with Gasteiger partial charge in [0.1, 0.15) is 5.82 Å². The molecule has 0 radical (unpaired) electrons. The van der Waals surface area contributed by atoms with Crippen molar-refractivity contribution in [2.45, 2.75) is 19.4 Å². The van der Waals surface area contributed by atoms with Gasteiger partial charge in [0.15, 0.2) is 0 Å². The number of nitriles is 1. The van der Waals surface area contributed by atoms with Crippen molar-refractivity contribution in [1.82, 2.24) is 4.98 Å². The summed E-state index contributed by atoms with van der Waals surface area (Å²) < 4.78 is 0. The second-order valence-corrected chi connectivity index (χ2v) is 4.18. The molecule has 0 amide bonds. The van der Waals surface area contributed by atoms with E-state index in [1.54, 1.807) is 0 Å². The lowest BCUT2D eigenvalue weighted by Crippen LogP contribution is -2.29. The summed E-state index contributed by atoms with van der Waals surface area (Å²) in [6, 6.07) is 12.5. The Morgan fingerprint density at radius 2 is 2.12 bits per heavy atom. The molecule has 1 heterocycles. The van der Waals surface area contributed by atoms with Crippen LogP contribution in [0.1, 0.15) is 13.3 Å². The van der Waals surface area contributed by atoms with Crippen LogP contribution in [0, 0.1) is 11.3 Å². The first-order valence-electron chi connectivity index (χ1n) is 5.67. The smallest absolute Gasteiger partial charge is 0.136 e. The van der Waals surface area contributed by atoms with Crippen molar-refractivity contribution in [2.75, 3.05) is 11.9 Å². The van der Waals surface area contributed by atoms with Gasteiger partial charge in [-0.25, -0.2) is 4.98 Å². The van der Waals surface area contributed by atoms with E-state index in [9.17, 15) is 0 Å². The minimum Gasteiger partial charge on any atom is -0.355 e. The Labute approximate surface area is 101 Å². The van der Waals surface area contributed by atoms with E-state index in [0.29, 0.717) is 6.42 Å². The van der Waals surface area contributed by atoms with E-state index in [2.05, 4.69) is 28.1 Å². The molecule has 0 spiro atoms. The molecule has 0 saturated heterocycles. The van der Waals surface area contributed by atoms with E-state index in [1.165, 1.54) is 5.39 Å². The van der Waals surface area contributed by atoms with E-state index in [1.807, 2.05) is 38.4 Å². The predicted octanol–water partition coefficient (Wildman–Crippen LogP) is 2.97. The van der Waals surface area contributed by atoms with Crippen molar-refractivity contribution in [3.63, 3.8) is 0 Å². The predicted molar refractivity (Wildman–Crippen MR) is 69.8 cm³/mol. The zero-order valence-corrected chi connectivity index (χ0v) is 10.1. The second-order valence-electron chi connectivity index (χ2n) is 4.18. The molecule has 1 aromatic carbocycles. The third kappa shape index (κ3) is 2.21. The van der Waals surface area contributed by atoms with Gasteiger partial charge in [0.25, 0.3) is 0 Å². The van der Waals surface area contributed by atoms with E-state index in [4.69, 9.17) is 5.26 Å². The van der Waals surface area contributed by atoms with Gasteiger partial charge in [-0.3, -0.25) is 0 Å². The molecule has 2 rings (SSSR count). The molecule has 1 unspecified atom stereocenters. The Hall–Kier alpha value is -2.08. The molecule has 0 fully saturated rings. The number of hydrogen-bond acceptors (Lipinski definition) is 3. The van der Waals surface area contributed by atoms with E-state index in [0.717, 1.165) is 11.2 Å². The number of fused-ring (bicyclic) bond motifs is 1. The molecule has 1 atom stereocenters. The maximum Gasteiger partial charge on any atom is 0.136 e. The maximum absolute atomic E-state index is 8.75. The highest BCUT2D eigenvalue weighted by molar-refractivity contribution is 5.92. The topological polar surface area (TPSA) is 39.9 Å².